The monoisotopic (exact) mass is 292 g/mol. The molecule has 1 nitrogen and oxygen atoms in total. The maximum Gasteiger partial charge on any atom is 0.119 e. The predicted octanol–water partition coefficient (Wildman–Crippen LogP) is 5.03. The van der Waals surface area contributed by atoms with Crippen molar-refractivity contribution >= 4 is 26.7 Å². The van der Waals surface area contributed by atoms with Crippen LogP contribution in [0.3, 0.4) is 0 Å². The van der Waals surface area contributed by atoms with Gasteiger partial charge in [-0.15, -0.1) is 0 Å². The van der Waals surface area contributed by atoms with Crippen LogP contribution in [0.1, 0.15) is 20.3 Å². The molecule has 2 heteroatoms. The van der Waals surface area contributed by atoms with Crippen molar-refractivity contribution in [3.8, 4) is 5.75 Å². The van der Waals surface area contributed by atoms with Crippen LogP contribution in [0, 0.1) is 5.92 Å². The molecule has 0 spiro atoms. The van der Waals surface area contributed by atoms with Crippen LogP contribution in [0.4, 0.5) is 0 Å². The van der Waals surface area contributed by atoms with E-state index in [2.05, 4.69) is 60.1 Å². The summed E-state index contributed by atoms with van der Waals surface area (Å²) in [5.41, 5.74) is 0. The first kappa shape index (κ1) is 12.4. The number of ether oxygens (including phenoxy) is 1. The normalized spacial score (nSPS) is 12.6. The zero-order valence-electron chi connectivity index (χ0n) is 10.2. The highest BCUT2D eigenvalue weighted by Gasteiger charge is 2.01. The first-order valence-electron chi connectivity index (χ1n) is 6.01. The molecule has 90 valence electrons. The molecule has 1 unspecified atom stereocenters. The summed E-state index contributed by atoms with van der Waals surface area (Å²) in [6, 6.07) is 12.5. The van der Waals surface area contributed by atoms with Crippen molar-refractivity contribution in [2.75, 3.05) is 6.61 Å². The summed E-state index contributed by atoms with van der Waals surface area (Å²) in [4.78, 5) is 0. The van der Waals surface area contributed by atoms with Gasteiger partial charge in [0.25, 0.3) is 0 Å². The maximum absolute atomic E-state index is 5.79. The van der Waals surface area contributed by atoms with Gasteiger partial charge >= 0.3 is 0 Å². The average molecular weight is 293 g/mol. The lowest BCUT2D eigenvalue weighted by atomic mass is 10.1. The van der Waals surface area contributed by atoms with Gasteiger partial charge in [-0.25, -0.2) is 0 Å². The van der Waals surface area contributed by atoms with Crippen LogP contribution in [-0.4, -0.2) is 6.61 Å². The minimum absolute atomic E-state index is 0.607. The smallest absolute Gasteiger partial charge is 0.119 e. The molecule has 0 aliphatic carbocycles. The SMILES string of the molecule is CCC(C)COc1ccc2cc(Br)ccc2c1. The van der Waals surface area contributed by atoms with Gasteiger partial charge in [0.15, 0.2) is 0 Å². The number of halogens is 1. The van der Waals surface area contributed by atoms with Crippen molar-refractivity contribution in [1.29, 1.82) is 0 Å². The van der Waals surface area contributed by atoms with Gasteiger partial charge < -0.3 is 4.74 Å². The van der Waals surface area contributed by atoms with Gasteiger partial charge in [0.2, 0.25) is 0 Å². The summed E-state index contributed by atoms with van der Waals surface area (Å²) in [7, 11) is 0. The predicted molar refractivity (Wildman–Crippen MR) is 76.6 cm³/mol. The third-order valence-electron chi connectivity index (χ3n) is 3.01. The van der Waals surface area contributed by atoms with Gasteiger partial charge in [0.05, 0.1) is 6.61 Å². The van der Waals surface area contributed by atoms with Crippen LogP contribution in [0.5, 0.6) is 5.75 Å². The Morgan fingerprint density at radius 1 is 1.12 bits per heavy atom. The van der Waals surface area contributed by atoms with Gasteiger partial charge in [-0.3, -0.25) is 0 Å². The van der Waals surface area contributed by atoms with E-state index in [1.54, 1.807) is 0 Å². The second kappa shape index (κ2) is 5.54. The number of hydrogen-bond acceptors (Lipinski definition) is 1. The molecule has 0 aromatic heterocycles. The van der Waals surface area contributed by atoms with E-state index in [9.17, 15) is 0 Å². The van der Waals surface area contributed by atoms with Crippen molar-refractivity contribution in [3.05, 3.63) is 40.9 Å². The Hall–Kier alpha value is -1.02. The van der Waals surface area contributed by atoms with E-state index in [4.69, 9.17) is 4.74 Å². The quantitative estimate of drug-likeness (QED) is 0.768. The van der Waals surface area contributed by atoms with Crippen molar-refractivity contribution in [2.24, 2.45) is 5.92 Å². The summed E-state index contributed by atoms with van der Waals surface area (Å²) in [6.45, 7) is 5.18. The fraction of sp³-hybridized carbons (Fsp3) is 0.333. The minimum Gasteiger partial charge on any atom is -0.493 e. The van der Waals surface area contributed by atoms with Gasteiger partial charge in [0.1, 0.15) is 5.75 Å². The van der Waals surface area contributed by atoms with E-state index in [0.717, 1.165) is 23.2 Å². The van der Waals surface area contributed by atoms with E-state index in [-0.39, 0.29) is 0 Å². The molecule has 0 amide bonds. The third-order valence-corrected chi connectivity index (χ3v) is 3.50. The summed E-state index contributed by atoms with van der Waals surface area (Å²) in [5.74, 6) is 1.57. The van der Waals surface area contributed by atoms with E-state index in [1.165, 1.54) is 10.8 Å². The highest BCUT2D eigenvalue weighted by atomic mass is 79.9. The molecule has 0 radical (unpaired) electrons. The van der Waals surface area contributed by atoms with Gasteiger partial charge in [-0.05, 0) is 41.0 Å². The first-order chi connectivity index (χ1) is 8.19. The lowest BCUT2D eigenvalue weighted by molar-refractivity contribution is 0.257. The van der Waals surface area contributed by atoms with Crippen LogP contribution in [0.15, 0.2) is 40.9 Å². The van der Waals surface area contributed by atoms with E-state index in [0.29, 0.717) is 5.92 Å². The molecular weight excluding hydrogens is 276 g/mol. The molecule has 0 bridgehead atoms. The van der Waals surface area contributed by atoms with Crippen molar-refractivity contribution in [1.82, 2.24) is 0 Å². The summed E-state index contributed by atoms with van der Waals surface area (Å²) >= 11 is 3.48. The average Bonchev–Trinajstić information content (AvgIpc) is 2.35. The van der Waals surface area contributed by atoms with E-state index >= 15 is 0 Å². The number of hydrogen-bond donors (Lipinski definition) is 0. The maximum atomic E-state index is 5.79. The highest BCUT2D eigenvalue weighted by Crippen LogP contribution is 2.24. The van der Waals surface area contributed by atoms with Crippen LogP contribution in [0.25, 0.3) is 10.8 Å². The Balaban J connectivity index is 2.17. The molecule has 0 saturated carbocycles. The zero-order valence-corrected chi connectivity index (χ0v) is 11.8. The largest absolute Gasteiger partial charge is 0.493 e. The molecule has 0 fully saturated rings. The van der Waals surface area contributed by atoms with E-state index < -0.39 is 0 Å². The van der Waals surface area contributed by atoms with Gasteiger partial charge in [-0.2, -0.15) is 0 Å². The molecule has 1 atom stereocenters. The molecule has 2 aromatic rings. The molecule has 0 N–H and O–H groups in total. The number of benzene rings is 2. The highest BCUT2D eigenvalue weighted by molar-refractivity contribution is 9.10. The third kappa shape index (κ3) is 3.22. The molecule has 0 saturated heterocycles. The molecular formula is C15H17BrO. The molecule has 17 heavy (non-hydrogen) atoms. The minimum atomic E-state index is 0.607. The molecule has 2 rings (SSSR count). The Bertz CT molecular complexity index is 507. The summed E-state index contributed by atoms with van der Waals surface area (Å²) < 4.78 is 6.89. The van der Waals surface area contributed by atoms with Crippen molar-refractivity contribution in [3.63, 3.8) is 0 Å². The van der Waals surface area contributed by atoms with Crippen LogP contribution in [0.2, 0.25) is 0 Å². The zero-order chi connectivity index (χ0) is 12.3. The molecule has 2 aromatic carbocycles. The second-order valence-corrected chi connectivity index (χ2v) is 5.39. The summed E-state index contributed by atoms with van der Waals surface area (Å²) in [6.07, 6.45) is 1.15. The molecule has 0 aliphatic rings. The Kier molecular flexibility index (Phi) is 4.06. The van der Waals surface area contributed by atoms with E-state index in [1.807, 2.05) is 6.07 Å². The standard InChI is InChI=1S/C15H17BrO/c1-3-11(2)10-17-15-7-5-12-8-14(16)6-4-13(12)9-15/h4-9,11H,3,10H2,1-2H3. The topological polar surface area (TPSA) is 9.23 Å². The number of rotatable bonds is 4. The van der Waals surface area contributed by atoms with Crippen LogP contribution in [-0.2, 0) is 0 Å². The fourth-order valence-electron chi connectivity index (χ4n) is 1.64. The fourth-order valence-corrected chi connectivity index (χ4v) is 2.02. The first-order valence-corrected chi connectivity index (χ1v) is 6.80. The Morgan fingerprint density at radius 2 is 1.82 bits per heavy atom. The summed E-state index contributed by atoms with van der Waals surface area (Å²) in [5, 5.41) is 2.45. The molecule has 0 heterocycles. The second-order valence-electron chi connectivity index (χ2n) is 4.48. The Labute approximate surface area is 111 Å². The van der Waals surface area contributed by atoms with Gasteiger partial charge in [-0.1, -0.05) is 48.3 Å². The van der Waals surface area contributed by atoms with Crippen LogP contribution < -0.4 is 4.74 Å². The Morgan fingerprint density at radius 3 is 2.59 bits per heavy atom. The number of fused-ring (bicyclic) bond motifs is 1. The van der Waals surface area contributed by atoms with Crippen LogP contribution >= 0.6 is 15.9 Å². The molecule has 0 aliphatic heterocycles. The van der Waals surface area contributed by atoms with Gasteiger partial charge in [0, 0.05) is 4.47 Å². The van der Waals surface area contributed by atoms with Crippen molar-refractivity contribution < 1.29 is 4.74 Å². The lowest BCUT2D eigenvalue weighted by Gasteiger charge is -2.11. The van der Waals surface area contributed by atoms with Crippen molar-refractivity contribution in [2.45, 2.75) is 20.3 Å². The lowest BCUT2D eigenvalue weighted by Crippen LogP contribution is -2.06.